The monoisotopic (exact) mass is 303 g/mol. The fraction of sp³-hybridized carbons (Fsp3) is 0.684. The van der Waals surface area contributed by atoms with Crippen molar-refractivity contribution in [3.8, 4) is 0 Å². The lowest BCUT2D eigenvalue weighted by Crippen LogP contribution is -2.44. The summed E-state index contributed by atoms with van der Waals surface area (Å²) in [6.07, 6.45) is 3.74. The normalized spacial score (nSPS) is 18.8. The molecule has 1 aromatic rings. The molecule has 1 aliphatic rings. The van der Waals surface area contributed by atoms with E-state index in [0.717, 1.165) is 19.0 Å². The smallest absolute Gasteiger partial charge is 0.0113 e. The summed E-state index contributed by atoms with van der Waals surface area (Å²) in [7, 11) is 4.41. The minimum atomic E-state index is 0.542. The Labute approximate surface area is 136 Å². The van der Waals surface area contributed by atoms with Gasteiger partial charge in [0.2, 0.25) is 0 Å². The molecule has 1 aromatic carbocycles. The lowest BCUT2D eigenvalue weighted by atomic mass is 10.0. The number of aryl methyl sites for hydroxylation is 1. The topological polar surface area (TPSA) is 18.5 Å². The van der Waals surface area contributed by atoms with Crippen molar-refractivity contribution in [3.05, 3.63) is 35.4 Å². The molecule has 1 aliphatic heterocycles. The number of hydrogen-bond acceptors (Lipinski definition) is 3. The first kappa shape index (κ1) is 17.5. The summed E-state index contributed by atoms with van der Waals surface area (Å²) in [5.74, 6) is 0. The maximum atomic E-state index is 3.69. The highest BCUT2D eigenvalue weighted by atomic mass is 15.2. The third-order valence-corrected chi connectivity index (χ3v) is 5.00. The Hall–Kier alpha value is -0.900. The predicted molar refractivity (Wildman–Crippen MR) is 95.5 cm³/mol. The molecule has 0 radical (unpaired) electrons. The molecule has 1 heterocycles. The molecule has 1 atom stereocenters. The molecule has 1 N–H and O–H groups in total. The van der Waals surface area contributed by atoms with Crippen LogP contribution in [0.5, 0.6) is 0 Å². The van der Waals surface area contributed by atoms with Crippen LogP contribution in [0, 0.1) is 6.92 Å². The first-order chi connectivity index (χ1) is 10.6. The zero-order valence-electron chi connectivity index (χ0n) is 14.8. The predicted octanol–water partition coefficient (Wildman–Crippen LogP) is 2.54. The van der Waals surface area contributed by atoms with Gasteiger partial charge in [0, 0.05) is 25.2 Å². The third kappa shape index (κ3) is 5.38. The van der Waals surface area contributed by atoms with Crippen molar-refractivity contribution in [2.24, 2.45) is 0 Å². The highest BCUT2D eigenvalue weighted by molar-refractivity contribution is 5.26. The van der Waals surface area contributed by atoms with Crippen LogP contribution in [0.15, 0.2) is 24.3 Å². The third-order valence-electron chi connectivity index (χ3n) is 5.00. The van der Waals surface area contributed by atoms with E-state index in [1.165, 1.54) is 43.6 Å². The number of piperidine rings is 1. The molecule has 0 aromatic heterocycles. The van der Waals surface area contributed by atoms with E-state index in [0.29, 0.717) is 6.04 Å². The summed E-state index contributed by atoms with van der Waals surface area (Å²) in [4.78, 5) is 4.98. The summed E-state index contributed by atoms with van der Waals surface area (Å²) in [5.41, 5.74) is 2.87. The molecule has 1 fully saturated rings. The molecular formula is C19H33N3. The van der Waals surface area contributed by atoms with Crippen LogP contribution < -0.4 is 5.32 Å². The second kappa shape index (κ2) is 8.66. The number of benzene rings is 1. The van der Waals surface area contributed by atoms with Gasteiger partial charge in [0.15, 0.2) is 0 Å². The van der Waals surface area contributed by atoms with Crippen molar-refractivity contribution in [3.63, 3.8) is 0 Å². The van der Waals surface area contributed by atoms with Gasteiger partial charge < -0.3 is 15.1 Å². The number of likely N-dealkylation sites (tertiary alicyclic amines) is 1. The highest BCUT2D eigenvalue weighted by Crippen LogP contribution is 2.13. The summed E-state index contributed by atoms with van der Waals surface area (Å²) in [5, 5.41) is 3.69. The molecule has 0 aliphatic carbocycles. The Morgan fingerprint density at radius 2 is 1.91 bits per heavy atom. The van der Waals surface area contributed by atoms with Crippen LogP contribution in [0.2, 0.25) is 0 Å². The van der Waals surface area contributed by atoms with Gasteiger partial charge in [0.05, 0.1) is 0 Å². The van der Waals surface area contributed by atoms with Gasteiger partial charge in [-0.15, -0.1) is 0 Å². The van der Waals surface area contributed by atoms with Crippen molar-refractivity contribution >= 4 is 0 Å². The summed E-state index contributed by atoms with van der Waals surface area (Å²) >= 11 is 0. The van der Waals surface area contributed by atoms with Gasteiger partial charge in [-0.3, -0.25) is 0 Å². The Kier molecular flexibility index (Phi) is 6.87. The molecule has 2 rings (SSSR count). The van der Waals surface area contributed by atoms with E-state index in [-0.39, 0.29) is 0 Å². The Balaban J connectivity index is 1.64. The van der Waals surface area contributed by atoms with Crippen LogP contribution in [0.4, 0.5) is 0 Å². The van der Waals surface area contributed by atoms with Crippen LogP contribution in [0.3, 0.4) is 0 Å². The zero-order valence-corrected chi connectivity index (χ0v) is 14.8. The van der Waals surface area contributed by atoms with Gasteiger partial charge >= 0.3 is 0 Å². The van der Waals surface area contributed by atoms with Crippen molar-refractivity contribution in [1.29, 1.82) is 0 Å². The van der Waals surface area contributed by atoms with E-state index in [9.17, 15) is 0 Å². The Bertz CT molecular complexity index is 436. The fourth-order valence-corrected chi connectivity index (χ4v) is 3.37. The Morgan fingerprint density at radius 3 is 2.55 bits per heavy atom. The van der Waals surface area contributed by atoms with Crippen molar-refractivity contribution < 1.29 is 0 Å². The fourth-order valence-electron chi connectivity index (χ4n) is 3.37. The largest absolute Gasteiger partial charge is 0.313 e. The van der Waals surface area contributed by atoms with Crippen LogP contribution in [-0.2, 0) is 6.42 Å². The van der Waals surface area contributed by atoms with E-state index in [1.54, 1.807) is 0 Å². The van der Waals surface area contributed by atoms with Gasteiger partial charge in [-0.25, -0.2) is 0 Å². The lowest BCUT2D eigenvalue weighted by molar-refractivity contribution is 0.145. The first-order valence-electron chi connectivity index (χ1n) is 8.73. The zero-order chi connectivity index (χ0) is 15.9. The molecule has 0 unspecified atom stereocenters. The van der Waals surface area contributed by atoms with E-state index in [1.807, 2.05) is 0 Å². The van der Waals surface area contributed by atoms with E-state index < -0.39 is 0 Å². The molecule has 0 amide bonds. The second-order valence-electron chi connectivity index (χ2n) is 7.02. The molecule has 22 heavy (non-hydrogen) atoms. The standard InChI is InChI=1S/C19H33N3/c1-16-7-5-6-8-18(16)15-17(2)20-11-14-22-12-9-19(10-13-22)21(3)4/h5-8,17,19-20H,9-15H2,1-4H3/t17-/m1/s1. The second-order valence-corrected chi connectivity index (χ2v) is 7.02. The molecular weight excluding hydrogens is 270 g/mol. The van der Waals surface area contributed by atoms with Gasteiger partial charge in [0.1, 0.15) is 0 Å². The van der Waals surface area contributed by atoms with Crippen molar-refractivity contribution in [2.75, 3.05) is 40.3 Å². The molecule has 3 heteroatoms. The van der Waals surface area contributed by atoms with Crippen LogP contribution in [0.1, 0.15) is 30.9 Å². The summed E-state index contributed by atoms with van der Waals surface area (Å²) in [6.45, 7) is 9.27. The average molecular weight is 303 g/mol. The maximum Gasteiger partial charge on any atom is 0.0113 e. The molecule has 0 saturated carbocycles. The highest BCUT2D eigenvalue weighted by Gasteiger charge is 2.20. The number of nitrogens with zero attached hydrogens (tertiary/aromatic N) is 2. The van der Waals surface area contributed by atoms with Gasteiger partial charge in [0.25, 0.3) is 0 Å². The summed E-state index contributed by atoms with van der Waals surface area (Å²) < 4.78 is 0. The van der Waals surface area contributed by atoms with E-state index in [4.69, 9.17) is 0 Å². The van der Waals surface area contributed by atoms with E-state index in [2.05, 4.69) is 67.3 Å². The average Bonchev–Trinajstić information content (AvgIpc) is 2.50. The van der Waals surface area contributed by atoms with Crippen molar-refractivity contribution in [2.45, 2.75) is 45.2 Å². The van der Waals surface area contributed by atoms with E-state index >= 15 is 0 Å². The first-order valence-corrected chi connectivity index (χ1v) is 8.73. The minimum Gasteiger partial charge on any atom is -0.313 e. The molecule has 0 spiro atoms. The SMILES string of the molecule is Cc1ccccc1C[C@@H](C)NCCN1CCC(N(C)C)CC1. The van der Waals surface area contributed by atoms with Crippen molar-refractivity contribution in [1.82, 2.24) is 15.1 Å². The van der Waals surface area contributed by atoms with Gasteiger partial charge in [-0.05, 0) is 71.4 Å². The summed E-state index contributed by atoms with van der Waals surface area (Å²) in [6, 6.07) is 10.0. The minimum absolute atomic E-state index is 0.542. The van der Waals surface area contributed by atoms with Crippen LogP contribution >= 0.6 is 0 Å². The van der Waals surface area contributed by atoms with Crippen LogP contribution in [0.25, 0.3) is 0 Å². The van der Waals surface area contributed by atoms with Gasteiger partial charge in [-0.2, -0.15) is 0 Å². The number of rotatable bonds is 7. The molecule has 1 saturated heterocycles. The van der Waals surface area contributed by atoms with Crippen LogP contribution in [-0.4, -0.2) is 62.2 Å². The molecule has 0 bridgehead atoms. The van der Waals surface area contributed by atoms with Gasteiger partial charge in [-0.1, -0.05) is 24.3 Å². The lowest BCUT2D eigenvalue weighted by Gasteiger charge is -2.35. The quantitative estimate of drug-likeness (QED) is 0.835. The number of hydrogen-bond donors (Lipinski definition) is 1. The number of nitrogens with one attached hydrogen (secondary N) is 1. The maximum absolute atomic E-state index is 3.69. The molecule has 3 nitrogen and oxygen atoms in total. The Morgan fingerprint density at radius 1 is 1.23 bits per heavy atom. The molecule has 124 valence electrons.